The molecule has 0 spiro atoms. The molecular formula is C18H20N4. The summed E-state index contributed by atoms with van der Waals surface area (Å²) in [5, 5.41) is 7.19. The maximum absolute atomic E-state index is 4.66. The van der Waals surface area contributed by atoms with E-state index in [2.05, 4.69) is 50.5 Å². The molecule has 0 aliphatic carbocycles. The van der Waals surface area contributed by atoms with Gasteiger partial charge in [-0.25, -0.2) is 4.98 Å². The molecule has 4 nitrogen and oxygen atoms in total. The van der Waals surface area contributed by atoms with Gasteiger partial charge in [-0.1, -0.05) is 24.3 Å². The Hall–Kier alpha value is -2.33. The first-order valence-electron chi connectivity index (χ1n) is 7.89. The number of rotatable bonds is 3. The minimum absolute atomic E-state index is 0.385. The van der Waals surface area contributed by atoms with Gasteiger partial charge in [-0.15, -0.1) is 0 Å². The lowest BCUT2D eigenvalue weighted by Crippen LogP contribution is -2.20. The van der Waals surface area contributed by atoms with Gasteiger partial charge in [-0.2, -0.15) is 0 Å². The largest absolute Gasteiger partial charge is 0.385 e. The third-order valence-electron chi connectivity index (χ3n) is 4.26. The highest BCUT2D eigenvalue weighted by Crippen LogP contribution is 2.29. The summed E-state index contributed by atoms with van der Waals surface area (Å²) in [4.78, 5) is 4.66. The maximum atomic E-state index is 4.66. The summed E-state index contributed by atoms with van der Waals surface area (Å²) in [6, 6.07) is 15.1. The van der Waals surface area contributed by atoms with Gasteiger partial charge in [0.05, 0.1) is 5.69 Å². The van der Waals surface area contributed by atoms with Crippen LogP contribution in [0.5, 0.6) is 0 Å². The highest BCUT2D eigenvalue weighted by Gasteiger charge is 2.17. The molecule has 4 heteroatoms. The van der Waals surface area contributed by atoms with E-state index in [-0.39, 0.29) is 0 Å². The zero-order valence-electron chi connectivity index (χ0n) is 12.5. The van der Waals surface area contributed by atoms with Crippen molar-refractivity contribution in [1.29, 1.82) is 0 Å². The molecular weight excluding hydrogens is 272 g/mol. The van der Waals surface area contributed by atoms with Gasteiger partial charge in [-0.05, 0) is 36.6 Å². The lowest BCUT2D eigenvalue weighted by atomic mass is 10.0. The molecule has 0 saturated carbocycles. The van der Waals surface area contributed by atoms with Crippen molar-refractivity contribution < 1.29 is 0 Å². The van der Waals surface area contributed by atoms with Crippen molar-refractivity contribution in [1.82, 2.24) is 14.7 Å². The van der Waals surface area contributed by atoms with Crippen LogP contribution in [0.25, 0.3) is 5.65 Å². The topological polar surface area (TPSA) is 41.4 Å². The van der Waals surface area contributed by atoms with E-state index in [0.717, 1.165) is 30.9 Å². The molecule has 0 amide bonds. The molecule has 0 radical (unpaired) electrons. The smallest absolute Gasteiger partial charge is 0.137 e. The second kappa shape index (κ2) is 5.81. The molecule has 1 atom stereocenters. The van der Waals surface area contributed by atoms with Crippen LogP contribution in [0.2, 0.25) is 0 Å². The maximum Gasteiger partial charge on any atom is 0.137 e. The predicted molar refractivity (Wildman–Crippen MR) is 88.9 cm³/mol. The molecule has 2 N–H and O–H groups in total. The monoisotopic (exact) mass is 292 g/mol. The lowest BCUT2D eigenvalue weighted by Gasteiger charge is -2.18. The number of benzene rings is 1. The Morgan fingerprint density at radius 3 is 3.05 bits per heavy atom. The summed E-state index contributed by atoms with van der Waals surface area (Å²) in [7, 11) is 0. The fourth-order valence-corrected chi connectivity index (χ4v) is 3.16. The van der Waals surface area contributed by atoms with Gasteiger partial charge in [0.2, 0.25) is 0 Å². The van der Waals surface area contributed by atoms with Crippen molar-refractivity contribution >= 4 is 11.3 Å². The number of hydrogen-bond acceptors (Lipinski definition) is 3. The first-order chi connectivity index (χ1) is 10.9. The quantitative estimate of drug-likeness (QED) is 0.777. The van der Waals surface area contributed by atoms with Crippen LogP contribution >= 0.6 is 0 Å². The lowest BCUT2D eigenvalue weighted by molar-refractivity contribution is 0.494. The fourth-order valence-electron chi connectivity index (χ4n) is 3.16. The number of para-hydroxylation sites is 1. The molecule has 0 bridgehead atoms. The van der Waals surface area contributed by atoms with E-state index in [1.54, 1.807) is 0 Å². The van der Waals surface area contributed by atoms with Crippen LogP contribution < -0.4 is 10.6 Å². The number of nitrogens with zero attached hydrogens (tertiary/aromatic N) is 2. The van der Waals surface area contributed by atoms with Gasteiger partial charge < -0.3 is 15.0 Å². The van der Waals surface area contributed by atoms with E-state index < -0.39 is 0 Å². The van der Waals surface area contributed by atoms with E-state index in [0.29, 0.717) is 6.04 Å². The fraction of sp³-hybridized carbons (Fsp3) is 0.278. The Bertz CT molecular complexity index is 744. The second-order valence-electron chi connectivity index (χ2n) is 5.79. The van der Waals surface area contributed by atoms with Gasteiger partial charge in [-0.3, -0.25) is 0 Å². The van der Waals surface area contributed by atoms with Crippen LogP contribution in [0, 0.1) is 0 Å². The number of pyridine rings is 1. The second-order valence-corrected chi connectivity index (χ2v) is 5.79. The molecule has 2 aromatic heterocycles. The summed E-state index contributed by atoms with van der Waals surface area (Å²) in [6.07, 6.45) is 6.47. The van der Waals surface area contributed by atoms with Crippen molar-refractivity contribution in [2.24, 2.45) is 0 Å². The zero-order valence-corrected chi connectivity index (χ0v) is 12.5. The molecule has 1 aliphatic rings. The first-order valence-corrected chi connectivity index (χ1v) is 7.89. The Balaban J connectivity index is 1.53. The highest BCUT2D eigenvalue weighted by molar-refractivity contribution is 5.53. The molecule has 0 saturated heterocycles. The molecule has 1 unspecified atom stereocenters. The molecule has 3 aromatic rings. The summed E-state index contributed by atoms with van der Waals surface area (Å²) in [6.45, 7) is 1.84. The zero-order chi connectivity index (χ0) is 14.8. The normalized spacial score (nSPS) is 17.7. The van der Waals surface area contributed by atoms with Crippen molar-refractivity contribution in [2.75, 3.05) is 11.9 Å². The Labute approximate surface area is 130 Å². The number of hydrogen-bond donors (Lipinski definition) is 2. The minimum atomic E-state index is 0.385. The van der Waals surface area contributed by atoms with Gasteiger partial charge >= 0.3 is 0 Å². The van der Waals surface area contributed by atoms with Gasteiger partial charge in [0.15, 0.2) is 0 Å². The van der Waals surface area contributed by atoms with E-state index in [4.69, 9.17) is 0 Å². The number of imidazole rings is 1. The third-order valence-corrected chi connectivity index (χ3v) is 4.26. The van der Waals surface area contributed by atoms with Crippen molar-refractivity contribution in [3.8, 4) is 0 Å². The van der Waals surface area contributed by atoms with Crippen molar-refractivity contribution in [2.45, 2.75) is 25.4 Å². The van der Waals surface area contributed by atoms with Crippen LogP contribution in [0.15, 0.2) is 54.9 Å². The van der Waals surface area contributed by atoms with Crippen molar-refractivity contribution in [3.63, 3.8) is 0 Å². The number of aromatic nitrogens is 2. The molecule has 0 fully saturated rings. The van der Waals surface area contributed by atoms with Gasteiger partial charge in [0.25, 0.3) is 0 Å². The molecule has 22 heavy (non-hydrogen) atoms. The van der Waals surface area contributed by atoms with Gasteiger partial charge in [0, 0.05) is 37.2 Å². The standard InChI is InChI=1S/C18H20N4/c1-2-7-16-15(6-1)17(8-5-10-19-16)20-12-14-13-22-11-4-3-9-18(22)21-14/h1-4,6-7,9,11,13,17,19-20H,5,8,10,12H2. The molecule has 3 heterocycles. The van der Waals surface area contributed by atoms with E-state index in [9.17, 15) is 0 Å². The predicted octanol–water partition coefficient (Wildman–Crippen LogP) is 3.37. The Morgan fingerprint density at radius 1 is 1.18 bits per heavy atom. The van der Waals surface area contributed by atoms with E-state index in [1.165, 1.54) is 17.7 Å². The van der Waals surface area contributed by atoms with E-state index in [1.807, 2.05) is 24.4 Å². The molecule has 1 aromatic carbocycles. The summed E-state index contributed by atoms with van der Waals surface area (Å²) < 4.78 is 2.07. The highest BCUT2D eigenvalue weighted by atomic mass is 15.0. The van der Waals surface area contributed by atoms with Crippen LogP contribution in [0.3, 0.4) is 0 Å². The summed E-state index contributed by atoms with van der Waals surface area (Å²) >= 11 is 0. The average Bonchev–Trinajstić information content (AvgIpc) is 2.86. The van der Waals surface area contributed by atoms with Crippen LogP contribution in [-0.2, 0) is 6.54 Å². The number of fused-ring (bicyclic) bond motifs is 2. The average molecular weight is 292 g/mol. The minimum Gasteiger partial charge on any atom is -0.385 e. The third kappa shape index (κ3) is 2.57. The molecule has 1 aliphatic heterocycles. The summed E-state index contributed by atoms with van der Waals surface area (Å²) in [5.41, 5.74) is 4.71. The van der Waals surface area contributed by atoms with Gasteiger partial charge in [0.1, 0.15) is 5.65 Å². The first kappa shape index (κ1) is 13.3. The summed E-state index contributed by atoms with van der Waals surface area (Å²) in [5.74, 6) is 0. The SMILES string of the molecule is c1ccc2c(c1)NCCCC2NCc1cn2ccccc2n1. The molecule has 4 rings (SSSR count). The number of anilines is 1. The van der Waals surface area contributed by atoms with Crippen LogP contribution in [0.1, 0.15) is 30.1 Å². The van der Waals surface area contributed by atoms with Crippen LogP contribution in [-0.4, -0.2) is 15.9 Å². The number of nitrogens with one attached hydrogen (secondary N) is 2. The van der Waals surface area contributed by atoms with E-state index >= 15 is 0 Å². The van der Waals surface area contributed by atoms with Crippen LogP contribution in [0.4, 0.5) is 5.69 Å². The Morgan fingerprint density at radius 2 is 2.09 bits per heavy atom. The molecule has 112 valence electrons. The Kier molecular flexibility index (Phi) is 3.52. The van der Waals surface area contributed by atoms with Crippen molar-refractivity contribution in [3.05, 3.63) is 66.1 Å².